The number of allylic oxidation sites excluding steroid dienone is 1. The van der Waals surface area contributed by atoms with Crippen LogP contribution in [-0.4, -0.2) is 24.1 Å². The lowest BCUT2D eigenvalue weighted by Gasteiger charge is -2.20. The van der Waals surface area contributed by atoms with E-state index in [0.717, 1.165) is 21.7 Å². The van der Waals surface area contributed by atoms with Gasteiger partial charge in [0.25, 0.3) is 0 Å². The first-order valence-electron chi connectivity index (χ1n) is 8.34. The molecule has 0 aliphatic rings. The molecule has 1 aromatic carbocycles. The summed E-state index contributed by atoms with van der Waals surface area (Å²) in [4.78, 5) is 23.7. The van der Waals surface area contributed by atoms with Gasteiger partial charge in [-0.15, -0.1) is 0 Å². The number of methoxy groups -OCH3 is 1. The van der Waals surface area contributed by atoms with Crippen molar-refractivity contribution in [2.45, 2.75) is 55.0 Å². The van der Waals surface area contributed by atoms with Crippen LogP contribution in [0.15, 0.2) is 23.4 Å². The molecule has 0 saturated heterocycles. The first kappa shape index (κ1) is 22.7. The molecule has 0 aliphatic heterocycles. The Morgan fingerprint density at radius 1 is 1.12 bits per heavy atom. The van der Waals surface area contributed by atoms with Gasteiger partial charge in [0.2, 0.25) is 0 Å². The van der Waals surface area contributed by atoms with Gasteiger partial charge >= 0.3 is 12.0 Å². The standard InChI is InChI=1S/C17H25N3O3.C2H6/c1-10-7-8-11(2)15(12(10)3)9-19-17(22)20(18)14(5)13(4)16(21)23-6;1-2/h7-8H,9,18H2,1-6H3,(H,19,22);1-2H3/b14-13-;. The summed E-state index contributed by atoms with van der Waals surface area (Å²) in [5.74, 6) is 5.26. The molecular weight excluding hydrogens is 318 g/mol. The van der Waals surface area contributed by atoms with Crippen molar-refractivity contribution in [3.63, 3.8) is 0 Å². The molecule has 0 heterocycles. The van der Waals surface area contributed by atoms with Crippen molar-refractivity contribution >= 4 is 12.0 Å². The van der Waals surface area contributed by atoms with Crippen LogP contribution in [0, 0.1) is 20.8 Å². The summed E-state index contributed by atoms with van der Waals surface area (Å²) in [7, 11) is 1.28. The Morgan fingerprint density at radius 2 is 1.64 bits per heavy atom. The number of rotatable bonds is 4. The molecule has 6 heteroatoms. The molecular formula is C19H31N3O3. The Hall–Kier alpha value is -2.34. The van der Waals surface area contributed by atoms with Crippen LogP contribution in [0.3, 0.4) is 0 Å². The summed E-state index contributed by atoms with van der Waals surface area (Å²) < 4.78 is 4.63. The zero-order chi connectivity index (χ0) is 19.7. The first-order chi connectivity index (χ1) is 11.7. The van der Waals surface area contributed by atoms with E-state index in [1.807, 2.05) is 40.7 Å². The summed E-state index contributed by atoms with van der Waals surface area (Å²) in [6.45, 7) is 13.6. The monoisotopic (exact) mass is 349 g/mol. The number of hydrogen-bond acceptors (Lipinski definition) is 4. The van der Waals surface area contributed by atoms with Crippen molar-refractivity contribution in [1.82, 2.24) is 10.3 Å². The Kier molecular flexibility index (Phi) is 9.53. The summed E-state index contributed by atoms with van der Waals surface area (Å²) in [5, 5.41) is 3.70. The Bertz CT molecular complexity index is 652. The van der Waals surface area contributed by atoms with Crippen LogP contribution in [-0.2, 0) is 16.1 Å². The normalized spacial score (nSPS) is 10.9. The van der Waals surface area contributed by atoms with Crippen LogP contribution in [0.2, 0.25) is 0 Å². The number of hydrogen-bond donors (Lipinski definition) is 2. The van der Waals surface area contributed by atoms with Gasteiger partial charge in [-0.1, -0.05) is 26.0 Å². The zero-order valence-corrected chi connectivity index (χ0v) is 16.6. The van der Waals surface area contributed by atoms with Crippen LogP contribution < -0.4 is 11.2 Å². The topological polar surface area (TPSA) is 84.7 Å². The van der Waals surface area contributed by atoms with Crippen molar-refractivity contribution < 1.29 is 14.3 Å². The molecule has 0 fully saturated rings. The molecule has 0 saturated carbocycles. The van der Waals surface area contributed by atoms with Gasteiger partial charge in [0.05, 0.1) is 12.7 Å². The quantitative estimate of drug-likeness (QED) is 0.286. The van der Waals surface area contributed by atoms with E-state index in [9.17, 15) is 9.59 Å². The van der Waals surface area contributed by atoms with Crippen molar-refractivity contribution in [2.75, 3.05) is 7.11 Å². The third kappa shape index (κ3) is 5.90. The second-order valence-electron chi connectivity index (χ2n) is 5.53. The third-order valence-electron chi connectivity index (χ3n) is 4.13. The summed E-state index contributed by atoms with van der Waals surface area (Å²) in [6, 6.07) is 3.60. The average molecular weight is 349 g/mol. The maximum atomic E-state index is 12.2. The number of nitrogens with two attached hydrogens (primary N) is 1. The number of nitrogens with zero attached hydrogens (tertiary/aromatic N) is 1. The van der Waals surface area contributed by atoms with Crippen LogP contribution in [0.25, 0.3) is 0 Å². The molecule has 0 aromatic heterocycles. The van der Waals surface area contributed by atoms with Crippen LogP contribution in [0.5, 0.6) is 0 Å². The molecule has 0 aliphatic carbocycles. The number of esters is 1. The van der Waals surface area contributed by atoms with E-state index in [-0.39, 0.29) is 5.57 Å². The Balaban J connectivity index is 0.00000277. The van der Waals surface area contributed by atoms with Crippen molar-refractivity contribution in [2.24, 2.45) is 5.84 Å². The number of ether oxygens (including phenoxy) is 1. The average Bonchev–Trinajstić information content (AvgIpc) is 2.63. The number of aryl methyl sites for hydroxylation is 2. The lowest BCUT2D eigenvalue weighted by atomic mass is 9.98. The molecule has 1 aromatic rings. The smallest absolute Gasteiger partial charge is 0.336 e. The van der Waals surface area contributed by atoms with Crippen molar-refractivity contribution in [3.05, 3.63) is 45.7 Å². The van der Waals surface area contributed by atoms with E-state index in [1.165, 1.54) is 12.7 Å². The van der Waals surface area contributed by atoms with Gasteiger partial charge in [-0.3, -0.25) is 0 Å². The molecule has 0 radical (unpaired) electrons. The number of amides is 2. The molecule has 2 amide bonds. The molecule has 0 atom stereocenters. The minimum absolute atomic E-state index is 0.285. The minimum Gasteiger partial charge on any atom is -0.466 e. The molecule has 0 spiro atoms. The van der Waals surface area contributed by atoms with E-state index in [2.05, 4.69) is 16.1 Å². The predicted octanol–water partition coefficient (Wildman–Crippen LogP) is 3.49. The molecule has 25 heavy (non-hydrogen) atoms. The van der Waals surface area contributed by atoms with Crippen LogP contribution in [0.4, 0.5) is 4.79 Å². The highest BCUT2D eigenvalue weighted by atomic mass is 16.5. The minimum atomic E-state index is -0.517. The maximum absolute atomic E-state index is 12.2. The van der Waals surface area contributed by atoms with Gasteiger partial charge in [-0.05, 0) is 56.9 Å². The number of carbonyl (C=O) groups is 2. The SMILES string of the molecule is CC.COC(=O)/C(C)=C(/C)N(N)C(=O)NCc1c(C)ccc(C)c1C. The van der Waals surface area contributed by atoms with Gasteiger partial charge < -0.3 is 10.1 Å². The van der Waals surface area contributed by atoms with Crippen molar-refractivity contribution in [1.29, 1.82) is 0 Å². The van der Waals surface area contributed by atoms with Gasteiger partial charge in [0.1, 0.15) is 0 Å². The van der Waals surface area contributed by atoms with E-state index in [1.54, 1.807) is 13.8 Å². The van der Waals surface area contributed by atoms with Gasteiger partial charge in [0, 0.05) is 12.2 Å². The fraction of sp³-hybridized carbons (Fsp3) is 0.474. The molecule has 140 valence electrons. The maximum Gasteiger partial charge on any atom is 0.336 e. The number of nitrogens with one attached hydrogen (secondary N) is 1. The lowest BCUT2D eigenvalue weighted by Crippen LogP contribution is -2.43. The van der Waals surface area contributed by atoms with Crippen molar-refractivity contribution in [3.8, 4) is 0 Å². The highest BCUT2D eigenvalue weighted by molar-refractivity contribution is 5.89. The largest absolute Gasteiger partial charge is 0.466 e. The van der Waals surface area contributed by atoms with Gasteiger partial charge in [-0.2, -0.15) is 0 Å². The van der Waals surface area contributed by atoms with E-state index >= 15 is 0 Å². The number of carbonyl (C=O) groups excluding carboxylic acids is 2. The second-order valence-corrected chi connectivity index (χ2v) is 5.53. The molecule has 6 nitrogen and oxygen atoms in total. The van der Waals surface area contributed by atoms with E-state index < -0.39 is 12.0 Å². The molecule has 1 rings (SSSR count). The fourth-order valence-electron chi connectivity index (χ4n) is 2.16. The Morgan fingerprint density at radius 3 is 2.16 bits per heavy atom. The molecule has 0 unspecified atom stereocenters. The lowest BCUT2D eigenvalue weighted by molar-refractivity contribution is -0.136. The molecule has 0 bridgehead atoms. The number of benzene rings is 1. The number of hydrazine groups is 1. The first-order valence-corrected chi connectivity index (χ1v) is 8.34. The summed E-state index contributed by atoms with van der Waals surface area (Å²) in [5.41, 5.74) is 5.11. The zero-order valence-electron chi connectivity index (χ0n) is 16.6. The van der Waals surface area contributed by atoms with Crippen LogP contribution >= 0.6 is 0 Å². The van der Waals surface area contributed by atoms with Gasteiger partial charge in [0.15, 0.2) is 0 Å². The highest BCUT2D eigenvalue weighted by Crippen LogP contribution is 2.17. The predicted molar refractivity (Wildman–Crippen MR) is 101 cm³/mol. The van der Waals surface area contributed by atoms with E-state index in [0.29, 0.717) is 12.2 Å². The third-order valence-corrected chi connectivity index (χ3v) is 4.13. The fourth-order valence-corrected chi connectivity index (χ4v) is 2.16. The van der Waals surface area contributed by atoms with E-state index in [4.69, 9.17) is 5.84 Å². The Labute approximate surface area is 151 Å². The van der Waals surface area contributed by atoms with Gasteiger partial charge in [-0.25, -0.2) is 20.4 Å². The molecule has 3 N–H and O–H groups in total. The highest BCUT2D eigenvalue weighted by Gasteiger charge is 2.17. The summed E-state index contributed by atoms with van der Waals surface area (Å²) in [6.07, 6.45) is 0. The second kappa shape index (κ2) is 10.5. The summed E-state index contributed by atoms with van der Waals surface area (Å²) >= 11 is 0. The number of urea groups is 1. The van der Waals surface area contributed by atoms with Crippen LogP contribution in [0.1, 0.15) is 49.9 Å².